The second-order valence-electron chi connectivity index (χ2n) is 2.93. The summed E-state index contributed by atoms with van der Waals surface area (Å²) in [6.07, 6.45) is -0.507. The third-order valence-electron chi connectivity index (χ3n) is 1.92. The number of carbonyl (C=O) groups excluding carboxylic acids is 1. The van der Waals surface area contributed by atoms with E-state index >= 15 is 0 Å². The molecule has 0 aliphatic rings. The highest BCUT2D eigenvalue weighted by molar-refractivity contribution is 5.84. The fourth-order valence-corrected chi connectivity index (χ4v) is 1.16. The van der Waals surface area contributed by atoms with Crippen LogP contribution in [0.15, 0.2) is 24.3 Å². The molecular formula is C9H9N5O2. The number of aromatic amines is 1. The number of ether oxygens (including phenoxy) is 1. The molecular weight excluding hydrogens is 210 g/mol. The van der Waals surface area contributed by atoms with Gasteiger partial charge in [0.2, 0.25) is 5.82 Å². The molecule has 1 heterocycles. The smallest absolute Gasteiger partial charge is 0.411 e. The van der Waals surface area contributed by atoms with Crippen LogP contribution in [0.3, 0.4) is 0 Å². The van der Waals surface area contributed by atoms with Gasteiger partial charge in [-0.25, -0.2) is 4.79 Å². The van der Waals surface area contributed by atoms with E-state index in [1.807, 2.05) is 0 Å². The van der Waals surface area contributed by atoms with Gasteiger partial charge in [0, 0.05) is 11.3 Å². The molecule has 82 valence electrons. The molecule has 7 heteroatoms. The zero-order valence-electron chi connectivity index (χ0n) is 8.47. The third-order valence-corrected chi connectivity index (χ3v) is 1.92. The molecule has 2 N–H and O–H groups in total. The van der Waals surface area contributed by atoms with Gasteiger partial charge in [-0.3, -0.25) is 5.32 Å². The van der Waals surface area contributed by atoms with Crippen molar-refractivity contribution >= 4 is 11.8 Å². The number of carbonyl (C=O) groups is 1. The minimum atomic E-state index is -0.507. The zero-order valence-corrected chi connectivity index (χ0v) is 8.47. The van der Waals surface area contributed by atoms with Gasteiger partial charge < -0.3 is 4.74 Å². The molecule has 0 bridgehead atoms. The van der Waals surface area contributed by atoms with Crippen LogP contribution in [-0.4, -0.2) is 33.8 Å². The molecule has 7 nitrogen and oxygen atoms in total. The van der Waals surface area contributed by atoms with Crippen LogP contribution in [0.25, 0.3) is 11.4 Å². The summed E-state index contributed by atoms with van der Waals surface area (Å²) in [5.41, 5.74) is 1.45. The molecule has 0 aliphatic heterocycles. The number of amides is 1. The van der Waals surface area contributed by atoms with E-state index in [9.17, 15) is 4.79 Å². The molecule has 0 radical (unpaired) electrons. The molecule has 0 saturated heterocycles. The lowest BCUT2D eigenvalue weighted by Gasteiger charge is -2.03. The van der Waals surface area contributed by atoms with Crippen LogP contribution in [0, 0.1) is 0 Å². The highest BCUT2D eigenvalue weighted by atomic mass is 16.5. The summed E-state index contributed by atoms with van der Waals surface area (Å²) in [7, 11) is 1.31. The number of aromatic nitrogens is 4. The van der Waals surface area contributed by atoms with E-state index in [0.29, 0.717) is 11.5 Å². The molecule has 0 atom stereocenters. The first kappa shape index (κ1) is 10.1. The Bertz CT molecular complexity index is 465. The Morgan fingerprint density at radius 1 is 1.38 bits per heavy atom. The first-order valence-electron chi connectivity index (χ1n) is 4.48. The quantitative estimate of drug-likeness (QED) is 0.787. The van der Waals surface area contributed by atoms with Crippen molar-refractivity contribution in [3.63, 3.8) is 0 Å². The lowest BCUT2D eigenvalue weighted by molar-refractivity contribution is 0.187. The van der Waals surface area contributed by atoms with Crippen molar-refractivity contribution in [2.75, 3.05) is 12.4 Å². The van der Waals surface area contributed by atoms with Gasteiger partial charge in [-0.1, -0.05) is 0 Å². The molecule has 0 saturated carbocycles. The van der Waals surface area contributed by atoms with Crippen molar-refractivity contribution < 1.29 is 9.53 Å². The second kappa shape index (κ2) is 4.39. The van der Waals surface area contributed by atoms with Crippen molar-refractivity contribution in [2.24, 2.45) is 0 Å². The van der Waals surface area contributed by atoms with Gasteiger partial charge >= 0.3 is 6.09 Å². The Labute approximate surface area is 90.8 Å². The molecule has 0 aliphatic carbocycles. The summed E-state index contributed by atoms with van der Waals surface area (Å²) in [6, 6.07) is 7.00. The van der Waals surface area contributed by atoms with Crippen LogP contribution in [0.2, 0.25) is 0 Å². The van der Waals surface area contributed by atoms with Crippen LogP contribution in [-0.2, 0) is 4.74 Å². The van der Waals surface area contributed by atoms with Gasteiger partial charge in [-0.05, 0) is 29.5 Å². The first-order valence-corrected chi connectivity index (χ1v) is 4.48. The minimum Gasteiger partial charge on any atom is -0.453 e. The molecule has 2 rings (SSSR count). The summed E-state index contributed by atoms with van der Waals surface area (Å²) in [5.74, 6) is 0.504. The molecule has 1 aromatic heterocycles. The Morgan fingerprint density at radius 3 is 2.69 bits per heavy atom. The van der Waals surface area contributed by atoms with Gasteiger partial charge in [0.25, 0.3) is 0 Å². The van der Waals surface area contributed by atoms with E-state index in [0.717, 1.165) is 5.56 Å². The molecule has 0 spiro atoms. The van der Waals surface area contributed by atoms with Crippen molar-refractivity contribution in [1.29, 1.82) is 0 Å². The molecule has 2 aromatic rings. The average Bonchev–Trinajstić information content (AvgIpc) is 2.83. The van der Waals surface area contributed by atoms with Crippen molar-refractivity contribution in [1.82, 2.24) is 20.6 Å². The number of methoxy groups -OCH3 is 1. The van der Waals surface area contributed by atoms with Gasteiger partial charge in [0.05, 0.1) is 7.11 Å². The number of benzene rings is 1. The molecule has 0 fully saturated rings. The zero-order chi connectivity index (χ0) is 11.4. The standard InChI is InChI=1S/C9H9N5O2/c1-16-9(15)10-7-4-2-6(3-5-7)8-11-13-14-12-8/h2-5H,1H3,(H,10,15)(H,11,12,13,14). The Morgan fingerprint density at radius 2 is 2.12 bits per heavy atom. The maximum atomic E-state index is 10.9. The summed E-state index contributed by atoms with van der Waals surface area (Å²) >= 11 is 0. The van der Waals surface area contributed by atoms with E-state index < -0.39 is 6.09 Å². The summed E-state index contributed by atoms with van der Waals surface area (Å²) in [6.45, 7) is 0. The highest BCUT2D eigenvalue weighted by Crippen LogP contribution is 2.16. The lowest BCUT2D eigenvalue weighted by Crippen LogP contribution is -2.10. The van der Waals surface area contributed by atoms with Gasteiger partial charge in [0.15, 0.2) is 0 Å². The average molecular weight is 219 g/mol. The predicted octanol–water partition coefficient (Wildman–Crippen LogP) is 1.04. The third kappa shape index (κ3) is 2.14. The van der Waals surface area contributed by atoms with Gasteiger partial charge in [0.1, 0.15) is 0 Å². The van der Waals surface area contributed by atoms with Crippen molar-refractivity contribution in [3.05, 3.63) is 24.3 Å². The molecule has 1 amide bonds. The molecule has 16 heavy (non-hydrogen) atoms. The number of nitrogens with zero attached hydrogens (tertiary/aromatic N) is 3. The first-order chi connectivity index (χ1) is 7.79. The maximum absolute atomic E-state index is 10.9. The summed E-state index contributed by atoms with van der Waals surface area (Å²) in [5, 5.41) is 16.0. The Kier molecular flexibility index (Phi) is 2.77. The molecule has 0 unspecified atom stereocenters. The number of hydrogen-bond acceptors (Lipinski definition) is 5. The van der Waals surface area contributed by atoms with Crippen LogP contribution in [0.5, 0.6) is 0 Å². The van der Waals surface area contributed by atoms with Crippen LogP contribution >= 0.6 is 0 Å². The van der Waals surface area contributed by atoms with Crippen molar-refractivity contribution in [2.45, 2.75) is 0 Å². The number of nitrogens with one attached hydrogen (secondary N) is 2. The number of tetrazole rings is 1. The molecule has 1 aromatic carbocycles. The van der Waals surface area contributed by atoms with E-state index in [2.05, 4.69) is 30.7 Å². The fraction of sp³-hybridized carbons (Fsp3) is 0.111. The number of H-pyrrole nitrogens is 1. The highest BCUT2D eigenvalue weighted by Gasteiger charge is 2.03. The van der Waals surface area contributed by atoms with Crippen molar-refractivity contribution in [3.8, 4) is 11.4 Å². The van der Waals surface area contributed by atoms with Gasteiger partial charge in [-0.2, -0.15) is 5.21 Å². The predicted molar refractivity (Wildman–Crippen MR) is 55.6 cm³/mol. The summed E-state index contributed by atoms with van der Waals surface area (Å²) < 4.78 is 4.47. The topological polar surface area (TPSA) is 92.8 Å². The largest absolute Gasteiger partial charge is 0.453 e. The van der Waals surface area contributed by atoms with E-state index in [1.165, 1.54) is 7.11 Å². The second-order valence-corrected chi connectivity index (χ2v) is 2.93. The minimum absolute atomic E-state index is 0.504. The van der Waals surface area contributed by atoms with Crippen LogP contribution < -0.4 is 5.32 Å². The number of hydrogen-bond donors (Lipinski definition) is 2. The summed E-state index contributed by atoms with van der Waals surface area (Å²) in [4.78, 5) is 10.9. The van der Waals surface area contributed by atoms with Crippen LogP contribution in [0.1, 0.15) is 0 Å². The Hall–Kier alpha value is -2.44. The SMILES string of the molecule is COC(=O)Nc1ccc(-c2nn[nH]n2)cc1. The monoisotopic (exact) mass is 219 g/mol. The van der Waals surface area contributed by atoms with Gasteiger partial charge in [-0.15, -0.1) is 10.2 Å². The number of rotatable bonds is 2. The lowest BCUT2D eigenvalue weighted by atomic mass is 10.2. The van der Waals surface area contributed by atoms with E-state index in [1.54, 1.807) is 24.3 Å². The van der Waals surface area contributed by atoms with E-state index in [4.69, 9.17) is 0 Å². The normalized spacial score (nSPS) is 9.81. The van der Waals surface area contributed by atoms with Crippen LogP contribution in [0.4, 0.5) is 10.5 Å². The van der Waals surface area contributed by atoms with E-state index in [-0.39, 0.29) is 0 Å². The number of anilines is 1. The maximum Gasteiger partial charge on any atom is 0.411 e. The Balaban J connectivity index is 2.14. The fourth-order valence-electron chi connectivity index (χ4n) is 1.16.